The molecule has 9 heteroatoms. The van der Waals surface area contributed by atoms with Crippen molar-refractivity contribution < 1.29 is 13.9 Å². The van der Waals surface area contributed by atoms with E-state index in [-0.39, 0.29) is 18.5 Å². The normalized spacial score (nSPS) is 11.4. The highest BCUT2D eigenvalue weighted by Crippen LogP contribution is 2.21. The van der Waals surface area contributed by atoms with Crippen LogP contribution in [0.15, 0.2) is 76.2 Å². The zero-order valence-electron chi connectivity index (χ0n) is 16.5. The third kappa shape index (κ3) is 5.37. The number of hydrazone groups is 1. The number of amides is 2. The standard InChI is InChI=1S/C22H18ClN5O3/c1-14(15-6-9-18(23)10-7-15)25-27-21(29)24-22-28-26-20(31-22)13-30-19-11-8-16-4-2-3-5-17(16)12-19/h2-12H,13H2,1H3,(H2,24,27,28,29)/b25-14-. The lowest BCUT2D eigenvalue weighted by atomic mass is 10.1. The highest BCUT2D eigenvalue weighted by molar-refractivity contribution is 6.30. The summed E-state index contributed by atoms with van der Waals surface area (Å²) in [5.41, 5.74) is 3.82. The molecule has 0 fully saturated rings. The molecule has 0 radical (unpaired) electrons. The van der Waals surface area contributed by atoms with Crippen LogP contribution in [0, 0.1) is 0 Å². The molecule has 0 spiro atoms. The van der Waals surface area contributed by atoms with Crippen LogP contribution in [0.1, 0.15) is 18.4 Å². The molecule has 4 rings (SSSR count). The van der Waals surface area contributed by atoms with Crippen LogP contribution < -0.4 is 15.5 Å². The molecular formula is C22H18ClN5O3. The van der Waals surface area contributed by atoms with Crippen LogP contribution in [-0.2, 0) is 6.61 Å². The van der Waals surface area contributed by atoms with Crippen LogP contribution in [0.5, 0.6) is 5.75 Å². The Morgan fingerprint density at radius 3 is 2.65 bits per heavy atom. The number of halogens is 1. The predicted molar refractivity (Wildman–Crippen MR) is 118 cm³/mol. The largest absolute Gasteiger partial charge is 0.484 e. The van der Waals surface area contributed by atoms with Gasteiger partial charge in [0.2, 0.25) is 0 Å². The Hall–Kier alpha value is -3.91. The molecule has 0 aliphatic carbocycles. The fraction of sp³-hybridized carbons (Fsp3) is 0.0909. The molecule has 2 N–H and O–H groups in total. The number of nitrogens with one attached hydrogen (secondary N) is 2. The molecule has 0 saturated carbocycles. The van der Waals surface area contributed by atoms with Gasteiger partial charge in [-0.25, -0.2) is 10.2 Å². The summed E-state index contributed by atoms with van der Waals surface area (Å²) in [4.78, 5) is 12.0. The molecule has 1 heterocycles. The maximum atomic E-state index is 12.0. The summed E-state index contributed by atoms with van der Waals surface area (Å²) < 4.78 is 11.1. The van der Waals surface area contributed by atoms with Crippen LogP contribution in [-0.4, -0.2) is 21.9 Å². The van der Waals surface area contributed by atoms with Gasteiger partial charge in [0.1, 0.15) is 5.75 Å². The summed E-state index contributed by atoms with van der Waals surface area (Å²) in [6.07, 6.45) is 0. The fourth-order valence-electron chi connectivity index (χ4n) is 2.78. The van der Waals surface area contributed by atoms with E-state index in [1.165, 1.54) is 0 Å². The minimum atomic E-state index is -0.612. The van der Waals surface area contributed by atoms with Crippen molar-refractivity contribution in [2.24, 2.45) is 5.10 Å². The topological polar surface area (TPSA) is 102 Å². The van der Waals surface area contributed by atoms with E-state index in [0.717, 1.165) is 16.3 Å². The number of benzene rings is 3. The first kappa shape index (κ1) is 20.4. The van der Waals surface area contributed by atoms with Gasteiger partial charge >= 0.3 is 12.0 Å². The molecule has 1 aromatic heterocycles. The summed E-state index contributed by atoms with van der Waals surface area (Å²) in [6, 6.07) is 20.2. The van der Waals surface area contributed by atoms with Crippen molar-refractivity contribution in [3.05, 3.63) is 83.2 Å². The van der Waals surface area contributed by atoms with Gasteiger partial charge in [-0.3, -0.25) is 5.32 Å². The van der Waals surface area contributed by atoms with Crippen LogP contribution in [0.4, 0.5) is 10.8 Å². The molecule has 156 valence electrons. The van der Waals surface area contributed by atoms with Gasteiger partial charge in [0.15, 0.2) is 6.61 Å². The molecular weight excluding hydrogens is 418 g/mol. The quantitative estimate of drug-likeness (QED) is 0.327. The maximum absolute atomic E-state index is 12.0. The maximum Gasteiger partial charge on any atom is 0.343 e. The number of hydrogen-bond acceptors (Lipinski definition) is 6. The van der Waals surface area contributed by atoms with Gasteiger partial charge in [0, 0.05) is 5.02 Å². The average Bonchev–Trinajstić information content (AvgIpc) is 3.23. The molecule has 0 saturated heterocycles. The molecule has 0 unspecified atom stereocenters. The van der Waals surface area contributed by atoms with E-state index in [1.807, 2.05) is 42.5 Å². The summed E-state index contributed by atoms with van der Waals surface area (Å²) in [5, 5.41) is 16.9. The molecule has 0 aliphatic rings. The number of anilines is 1. The highest BCUT2D eigenvalue weighted by Gasteiger charge is 2.10. The van der Waals surface area contributed by atoms with Gasteiger partial charge in [-0.2, -0.15) is 5.10 Å². The minimum Gasteiger partial charge on any atom is -0.484 e. The fourth-order valence-corrected chi connectivity index (χ4v) is 2.91. The summed E-state index contributed by atoms with van der Waals surface area (Å²) >= 11 is 5.86. The first-order valence-corrected chi connectivity index (χ1v) is 9.76. The summed E-state index contributed by atoms with van der Waals surface area (Å²) in [5.74, 6) is 0.903. The van der Waals surface area contributed by atoms with Crippen LogP contribution in [0.3, 0.4) is 0 Å². The Labute approximate surface area is 182 Å². The number of ether oxygens (including phenoxy) is 1. The summed E-state index contributed by atoms with van der Waals surface area (Å²) in [7, 11) is 0. The Morgan fingerprint density at radius 1 is 1.06 bits per heavy atom. The van der Waals surface area contributed by atoms with E-state index in [0.29, 0.717) is 16.5 Å². The minimum absolute atomic E-state index is 0.0612. The molecule has 8 nitrogen and oxygen atoms in total. The lowest BCUT2D eigenvalue weighted by Crippen LogP contribution is -2.25. The third-order valence-electron chi connectivity index (χ3n) is 4.36. The Kier molecular flexibility index (Phi) is 6.09. The second kappa shape index (κ2) is 9.27. The molecule has 0 bridgehead atoms. The number of hydrogen-bond donors (Lipinski definition) is 2. The summed E-state index contributed by atoms with van der Waals surface area (Å²) in [6.45, 7) is 1.83. The number of nitrogens with zero attached hydrogens (tertiary/aromatic N) is 3. The van der Waals surface area contributed by atoms with Crippen molar-refractivity contribution in [1.82, 2.24) is 15.6 Å². The second-order valence-electron chi connectivity index (χ2n) is 6.57. The van der Waals surface area contributed by atoms with Crippen LogP contribution in [0.25, 0.3) is 10.8 Å². The second-order valence-corrected chi connectivity index (χ2v) is 7.01. The van der Waals surface area contributed by atoms with E-state index < -0.39 is 6.03 Å². The van der Waals surface area contributed by atoms with Gasteiger partial charge < -0.3 is 9.15 Å². The van der Waals surface area contributed by atoms with Crippen molar-refractivity contribution in [3.8, 4) is 5.75 Å². The van der Waals surface area contributed by atoms with Crippen LogP contribution >= 0.6 is 11.6 Å². The van der Waals surface area contributed by atoms with Gasteiger partial charge in [-0.15, -0.1) is 5.10 Å². The van der Waals surface area contributed by atoms with Gasteiger partial charge in [0.05, 0.1) is 5.71 Å². The number of carbonyl (C=O) groups is 1. The van der Waals surface area contributed by atoms with Crippen molar-refractivity contribution in [1.29, 1.82) is 0 Å². The van der Waals surface area contributed by atoms with Crippen molar-refractivity contribution >= 4 is 40.1 Å². The molecule has 31 heavy (non-hydrogen) atoms. The van der Waals surface area contributed by atoms with Gasteiger partial charge in [-0.05, 0) is 47.5 Å². The number of urea groups is 1. The first-order chi connectivity index (χ1) is 15.1. The number of carbonyl (C=O) groups excluding carboxylic acids is 1. The van der Waals surface area contributed by atoms with E-state index in [9.17, 15) is 4.79 Å². The molecule has 0 aliphatic heterocycles. The van der Waals surface area contributed by atoms with Crippen molar-refractivity contribution in [2.45, 2.75) is 13.5 Å². The SMILES string of the molecule is C/C(=N/NC(=O)Nc1nnc(COc2ccc3ccccc3c2)o1)c1ccc(Cl)cc1. The van der Waals surface area contributed by atoms with E-state index in [4.69, 9.17) is 20.8 Å². The molecule has 0 atom stereocenters. The Bertz CT molecular complexity index is 1240. The number of rotatable bonds is 6. The van der Waals surface area contributed by atoms with Crippen molar-refractivity contribution in [2.75, 3.05) is 5.32 Å². The number of fused-ring (bicyclic) bond motifs is 1. The zero-order chi connectivity index (χ0) is 21.6. The molecule has 2 amide bonds. The predicted octanol–water partition coefficient (Wildman–Crippen LogP) is 5.00. The first-order valence-electron chi connectivity index (χ1n) is 9.38. The van der Waals surface area contributed by atoms with Gasteiger partial charge in [-0.1, -0.05) is 59.2 Å². The average molecular weight is 436 g/mol. The van der Waals surface area contributed by atoms with Crippen molar-refractivity contribution in [3.63, 3.8) is 0 Å². The molecule has 4 aromatic rings. The Morgan fingerprint density at radius 2 is 1.84 bits per heavy atom. The van der Waals surface area contributed by atoms with E-state index in [1.54, 1.807) is 31.2 Å². The smallest absolute Gasteiger partial charge is 0.343 e. The lowest BCUT2D eigenvalue weighted by Gasteiger charge is -2.05. The highest BCUT2D eigenvalue weighted by atomic mass is 35.5. The van der Waals surface area contributed by atoms with E-state index >= 15 is 0 Å². The third-order valence-corrected chi connectivity index (χ3v) is 4.61. The number of aromatic nitrogens is 2. The van der Waals surface area contributed by atoms with E-state index in [2.05, 4.69) is 26.0 Å². The molecule has 3 aromatic carbocycles. The van der Waals surface area contributed by atoms with Gasteiger partial charge in [0.25, 0.3) is 5.89 Å². The lowest BCUT2D eigenvalue weighted by molar-refractivity contribution is 0.250. The Balaban J connectivity index is 1.30. The monoisotopic (exact) mass is 435 g/mol. The zero-order valence-corrected chi connectivity index (χ0v) is 17.3. The van der Waals surface area contributed by atoms with Crippen LogP contribution in [0.2, 0.25) is 5.02 Å².